The molecule has 1 N–H and O–H groups in total. The molecule has 100 valence electrons. The zero-order valence-corrected chi connectivity index (χ0v) is 11.8. The largest absolute Gasteiger partial charge is 0.381 e. The molecule has 3 rings (SSSR count). The van der Waals surface area contributed by atoms with E-state index < -0.39 is 0 Å². The minimum absolute atomic E-state index is 0.546. The van der Waals surface area contributed by atoms with E-state index in [1.165, 1.54) is 38.5 Å². The van der Waals surface area contributed by atoms with Gasteiger partial charge in [-0.3, -0.25) is 0 Å². The van der Waals surface area contributed by atoms with Gasteiger partial charge in [0, 0.05) is 6.04 Å². The Morgan fingerprint density at radius 3 is 2.68 bits per heavy atom. The van der Waals surface area contributed by atoms with Gasteiger partial charge in [-0.15, -0.1) is 0 Å². The molecule has 1 aromatic carbocycles. The molecule has 2 aliphatic rings. The van der Waals surface area contributed by atoms with E-state index in [1.807, 2.05) is 12.1 Å². The lowest BCUT2D eigenvalue weighted by Crippen LogP contribution is -2.28. The molecular weight excluding hydrogens is 256 g/mol. The number of benzene rings is 1. The molecule has 0 heterocycles. The van der Waals surface area contributed by atoms with Crippen molar-refractivity contribution in [1.29, 1.82) is 5.26 Å². The van der Waals surface area contributed by atoms with E-state index in [-0.39, 0.29) is 0 Å². The molecule has 3 heteroatoms. The Bertz CT molecular complexity index is 502. The number of hydrogen-bond acceptors (Lipinski definition) is 2. The smallest absolute Gasteiger partial charge is 0.0992 e. The lowest BCUT2D eigenvalue weighted by Gasteiger charge is -2.30. The molecule has 2 unspecified atom stereocenters. The number of nitriles is 1. The molecule has 0 saturated heterocycles. The number of anilines is 1. The predicted molar refractivity (Wildman–Crippen MR) is 78.3 cm³/mol. The number of nitrogens with one attached hydrogen (secondary N) is 1. The lowest BCUT2D eigenvalue weighted by molar-refractivity contribution is 0.303. The van der Waals surface area contributed by atoms with Crippen LogP contribution in [0.15, 0.2) is 18.2 Å². The van der Waals surface area contributed by atoms with Crippen LogP contribution in [-0.2, 0) is 0 Å². The van der Waals surface area contributed by atoms with Gasteiger partial charge in [0.15, 0.2) is 0 Å². The summed E-state index contributed by atoms with van der Waals surface area (Å²) in [5, 5.41) is 13.1. The number of nitrogens with zero attached hydrogens (tertiary/aromatic N) is 1. The average Bonchev–Trinajstić information content (AvgIpc) is 3.26. The van der Waals surface area contributed by atoms with Crippen molar-refractivity contribution in [3.05, 3.63) is 28.8 Å². The van der Waals surface area contributed by atoms with E-state index in [9.17, 15) is 0 Å². The normalized spacial score (nSPS) is 26.7. The van der Waals surface area contributed by atoms with Gasteiger partial charge in [-0.1, -0.05) is 24.4 Å². The van der Waals surface area contributed by atoms with Crippen molar-refractivity contribution in [3.8, 4) is 6.07 Å². The van der Waals surface area contributed by atoms with E-state index >= 15 is 0 Å². The minimum atomic E-state index is 0.546. The zero-order valence-electron chi connectivity index (χ0n) is 11.0. The van der Waals surface area contributed by atoms with Crippen molar-refractivity contribution in [2.75, 3.05) is 5.32 Å². The Morgan fingerprint density at radius 2 is 2.00 bits per heavy atom. The first kappa shape index (κ1) is 12.8. The lowest BCUT2D eigenvalue weighted by atomic mass is 9.82. The van der Waals surface area contributed by atoms with Gasteiger partial charge in [-0.2, -0.15) is 5.26 Å². The van der Waals surface area contributed by atoms with Crippen molar-refractivity contribution in [2.45, 2.75) is 44.6 Å². The number of hydrogen-bond donors (Lipinski definition) is 1. The van der Waals surface area contributed by atoms with Crippen LogP contribution >= 0.6 is 11.6 Å². The van der Waals surface area contributed by atoms with Gasteiger partial charge >= 0.3 is 0 Å². The number of rotatable bonds is 3. The summed E-state index contributed by atoms with van der Waals surface area (Å²) < 4.78 is 0. The minimum Gasteiger partial charge on any atom is -0.381 e. The molecule has 2 saturated carbocycles. The van der Waals surface area contributed by atoms with Gasteiger partial charge in [0.1, 0.15) is 0 Å². The highest BCUT2D eigenvalue weighted by atomic mass is 35.5. The van der Waals surface area contributed by atoms with E-state index in [4.69, 9.17) is 16.9 Å². The zero-order chi connectivity index (χ0) is 13.2. The van der Waals surface area contributed by atoms with Gasteiger partial charge in [-0.05, 0) is 55.7 Å². The summed E-state index contributed by atoms with van der Waals surface area (Å²) in [4.78, 5) is 0. The maximum absolute atomic E-state index is 8.85. The molecule has 0 amide bonds. The molecule has 0 spiro atoms. The summed E-state index contributed by atoms with van der Waals surface area (Å²) in [7, 11) is 0. The highest BCUT2D eigenvalue weighted by Crippen LogP contribution is 2.44. The third-order valence-electron chi connectivity index (χ3n) is 4.46. The quantitative estimate of drug-likeness (QED) is 0.875. The first-order valence-corrected chi connectivity index (χ1v) is 7.60. The van der Waals surface area contributed by atoms with Gasteiger partial charge in [0.25, 0.3) is 0 Å². The molecule has 2 nitrogen and oxygen atoms in total. The monoisotopic (exact) mass is 274 g/mol. The van der Waals surface area contributed by atoms with Gasteiger partial charge in [0.05, 0.1) is 22.3 Å². The topological polar surface area (TPSA) is 35.8 Å². The van der Waals surface area contributed by atoms with Gasteiger partial charge in [0.2, 0.25) is 0 Å². The van der Waals surface area contributed by atoms with Crippen molar-refractivity contribution in [2.24, 2.45) is 11.8 Å². The highest BCUT2D eigenvalue weighted by Gasteiger charge is 2.34. The van der Waals surface area contributed by atoms with E-state index in [0.717, 1.165) is 17.5 Å². The van der Waals surface area contributed by atoms with Crippen LogP contribution in [0.3, 0.4) is 0 Å². The first-order chi connectivity index (χ1) is 9.26. The van der Waals surface area contributed by atoms with Gasteiger partial charge < -0.3 is 5.32 Å². The molecular formula is C16H19ClN2. The molecule has 0 aromatic heterocycles. The van der Waals surface area contributed by atoms with Crippen molar-refractivity contribution >= 4 is 17.3 Å². The molecule has 0 radical (unpaired) electrons. The van der Waals surface area contributed by atoms with E-state index in [2.05, 4.69) is 11.4 Å². The SMILES string of the molecule is N#Cc1ccc(NC2CCCC(C3CC3)C2)c(Cl)c1. The van der Waals surface area contributed by atoms with Crippen LogP contribution in [0, 0.1) is 23.2 Å². The van der Waals surface area contributed by atoms with Crippen LogP contribution in [0.5, 0.6) is 0 Å². The van der Waals surface area contributed by atoms with Crippen LogP contribution in [-0.4, -0.2) is 6.04 Å². The maximum atomic E-state index is 8.85. The Kier molecular flexibility index (Phi) is 3.66. The number of halogens is 1. The van der Waals surface area contributed by atoms with Crippen molar-refractivity contribution in [3.63, 3.8) is 0 Å². The molecule has 19 heavy (non-hydrogen) atoms. The Balaban J connectivity index is 1.65. The maximum Gasteiger partial charge on any atom is 0.0992 e. The molecule has 2 aliphatic carbocycles. The molecule has 0 bridgehead atoms. The van der Waals surface area contributed by atoms with E-state index in [0.29, 0.717) is 16.6 Å². The second-order valence-electron chi connectivity index (χ2n) is 5.91. The van der Waals surface area contributed by atoms with Crippen LogP contribution in [0.2, 0.25) is 5.02 Å². The third-order valence-corrected chi connectivity index (χ3v) is 4.77. The second-order valence-corrected chi connectivity index (χ2v) is 6.32. The fourth-order valence-electron chi connectivity index (χ4n) is 3.28. The van der Waals surface area contributed by atoms with Crippen molar-refractivity contribution in [1.82, 2.24) is 0 Å². The van der Waals surface area contributed by atoms with Crippen LogP contribution < -0.4 is 5.32 Å². The summed E-state index contributed by atoms with van der Waals surface area (Å²) >= 11 is 6.23. The van der Waals surface area contributed by atoms with Crippen LogP contribution in [0.1, 0.15) is 44.1 Å². The molecule has 2 fully saturated rings. The average molecular weight is 275 g/mol. The van der Waals surface area contributed by atoms with Crippen LogP contribution in [0.25, 0.3) is 0 Å². The molecule has 1 aromatic rings. The summed E-state index contributed by atoms with van der Waals surface area (Å²) in [6.07, 6.45) is 8.13. The summed E-state index contributed by atoms with van der Waals surface area (Å²) in [6, 6.07) is 8.16. The molecule has 0 aliphatic heterocycles. The Morgan fingerprint density at radius 1 is 1.16 bits per heavy atom. The van der Waals surface area contributed by atoms with Crippen LogP contribution in [0.4, 0.5) is 5.69 Å². The second kappa shape index (κ2) is 5.43. The predicted octanol–water partition coefficient (Wildman–Crippen LogP) is 4.59. The Hall–Kier alpha value is -1.20. The fourth-order valence-corrected chi connectivity index (χ4v) is 3.51. The fraction of sp³-hybridized carbons (Fsp3) is 0.562. The van der Waals surface area contributed by atoms with Crippen molar-refractivity contribution < 1.29 is 0 Å². The third kappa shape index (κ3) is 3.04. The first-order valence-electron chi connectivity index (χ1n) is 7.22. The molecule has 2 atom stereocenters. The Labute approximate surface area is 119 Å². The summed E-state index contributed by atoms with van der Waals surface area (Å²) in [5.74, 6) is 1.92. The standard InChI is InChI=1S/C16H19ClN2/c17-15-8-11(10-18)4-7-16(15)19-14-3-1-2-13(9-14)12-5-6-12/h4,7-8,12-14,19H,1-3,5-6,9H2. The summed E-state index contributed by atoms with van der Waals surface area (Å²) in [5.41, 5.74) is 1.59. The summed E-state index contributed by atoms with van der Waals surface area (Å²) in [6.45, 7) is 0. The van der Waals surface area contributed by atoms with Gasteiger partial charge in [-0.25, -0.2) is 0 Å². The highest BCUT2D eigenvalue weighted by molar-refractivity contribution is 6.33. The van der Waals surface area contributed by atoms with E-state index in [1.54, 1.807) is 6.07 Å².